The molecule has 0 unspecified atom stereocenters. The Bertz CT molecular complexity index is 757. The number of carbonyl (C=O) groups is 3. The molecule has 0 saturated carbocycles. The van der Waals surface area contributed by atoms with E-state index in [0.29, 0.717) is 45.6 Å². The first-order valence-corrected chi connectivity index (χ1v) is 10.1. The minimum absolute atomic E-state index is 0.0507. The fourth-order valence-corrected chi connectivity index (χ4v) is 4.68. The average molecular weight is 385 g/mol. The van der Waals surface area contributed by atoms with E-state index < -0.39 is 0 Å². The number of rotatable bonds is 7. The molecule has 4 rings (SSSR count). The topological polar surface area (TPSA) is 70.2 Å². The first-order valence-electron chi connectivity index (χ1n) is 10.1. The molecule has 1 aromatic carbocycles. The average Bonchev–Trinajstić information content (AvgIpc) is 3.35. The van der Waals surface area contributed by atoms with Crippen LogP contribution in [0.5, 0.6) is 5.75 Å². The van der Waals surface area contributed by atoms with Crippen LogP contribution in [0, 0.1) is 11.8 Å². The smallest absolute Gasteiger partial charge is 0.234 e. The zero-order chi connectivity index (χ0) is 19.7. The second kappa shape index (κ2) is 7.91. The van der Waals surface area contributed by atoms with Crippen LogP contribution in [0.1, 0.15) is 24.8 Å². The number of hydrogen-bond acceptors (Lipinski definition) is 5. The van der Waals surface area contributed by atoms with E-state index in [-0.39, 0.29) is 29.6 Å². The maximum absolute atomic E-state index is 12.8. The minimum atomic E-state index is -0.240. The van der Waals surface area contributed by atoms with Gasteiger partial charge >= 0.3 is 0 Å². The normalized spacial score (nSPS) is 25.1. The van der Waals surface area contributed by atoms with Crippen LogP contribution in [0.25, 0.3) is 0 Å². The fraction of sp³-hybridized carbons (Fsp3) is 0.571. The lowest BCUT2D eigenvalue weighted by atomic mass is 10.00. The van der Waals surface area contributed by atoms with Gasteiger partial charge in [-0.15, -0.1) is 0 Å². The largest absolute Gasteiger partial charge is 0.496 e. The first-order chi connectivity index (χ1) is 13.6. The van der Waals surface area contributed by atoms with Gasteiger partial charge in [0.2, 0.25) is 17.7 Å². The third-order valence-corrected chi connectivity index (χ3v) is 6.13. The lowest BCUT2D eigenvalue weighted by Crippen LogP contribution is -2.38. The van der Waals surface area contributed by atoms with Crippen molar-refractivity contribution >= 4 is 17.7 Å². The van der Waals surface area contributed by atoms with Gasteiger partial charge in [0.05, 0.1) is 18.9 Å². The maximum Gasteiger partial charge on any atom is 0.234 e. The quantitative estimate of drug-likeness (QED) is 0.658. The predicted octanol–water partition coefficient (Wildman–Crippen LogP) is 1.12. The molecule has 0 spiro atoms. The zero-order valence-electron chi connectivity index (χ0n) is 16.3. The van der Waals surface area contributed by atoms with Crippen molar-refractivity contribution in [2.75, 3.05) is 39.8 Å². The third kappa shape index (κ3) is 3.51. The number of carbonyl (C=O) groups excluding carboxylic acids is 3. The van der Waals surface area contributed by atoms with E-state index in [9.17, 15) is 14.4 Å². The molecule has 3 heterocycles. The Morgan fingerprint density at radius 3 is 2.39 bits per heavy atom. The number of hydrogen-bond donors (Lipinski definition) is 0. The number of ether oxygens (including phenoxy) is 1. The van der Waals surface area contributed by atoms with Crippen LogP contribution in [-0.2, 0) is 20.9 Å². The van der Waals surface area contributed by atoms with Gasteiger partial charge in [0, 0.05) is 51.3 Å². The van der Waals surface area contributed by atoms with Crippen molar-refractivity contribution in [3.05, 3.63) is 29.8 Å². The molecule has 3 aliphatic heterocycles. The van der Waals surface area contributed by atoms with Gasteiger partial charge in [0.15, 0.2) is 0 Å². The number of para-hydroxylation sites is 1. The molecular weight excluding hydrogens is 358 g/mol. The van der Waals surface area contributed by atoms with Crippen LogP contribution in [0.3, 0.4) is 0 Å². The molecule has 7 heteroatoms. The first kappa shape index (κ1) is 18.9. The van der Waals surface area contributed by atoms with E-state index >= 15 is 0 Å². The maximum atomic E-state index is 12.8. The Hall–Kier alpha value is -2.41. The number of methoxy groups -OCH3 is 1. The zero-order valence-corrected chi connectivity index (χ0v) is 16.3. The van der Waals surface area contributed by atoms with Gasteiger partial charge in [-0.2, -0.15) is 0 Å². The van der Waals surface area contributed by atoms with E-state index in [1.165, 1.54) is 4.90 Å². The Balaban J connectivity index is 1.32. The fourth-order valence-electron chi connectivity index (χ4n) is 4.68. The van der Waals surface area contributed by atoms with Crippen LogP contribution >= 0.6 is 0 Å². The predicted molar refractivity (Wildman–Crippen MR) is 102 cm³/mol. The number of nitrogens with zero attached hydrogens (tertiary/aromatic N) is 3. The monoisotopic (exact) mass is 385 g/mol. The molecule has 0 aliphatic carbocycles. The minimum Gasteiger partial charge on any atom is -0.496 e. The molecule has 3 aliphatic rings. The van der Waals surface area contributed by atoms with E-state index in [0.717, 1.165) is 24.3 Å². The van der Waals surface area contributed by atoms with E-state index in [4.69, 9.17) is 4.74 Å². The summed E-state index contributed by atoms with van der Waals surface area (Å²) < 4.78 is 5.41. The van der Waals surface area contributed by atoms with Crippen LogP contribution in [0.15, 0.2) is 24.3 Å². The molecule has 3 amide bonds. The lowest BCUT2D eigenvalue weighted by Gasteiger charge is -2.22. The summed E-state index contributed by atoms with van der Waals surface area (Å²) in [5.74, 6) is 0.431. The Kier molecular flexibility index (Phi) is 5.35. The van der Waals surface area contributed by atoms with Crippen molar-refractivity contribution in [3.63, 3.8) is 0 Å². The van der Waals surface area contributed by atoms with Crippen molar-refractivity contribution in [2.45, 2.75) is 25.8 Å². The van der Waals surface area contributed by atoms with E-state index in [2.05, 4.69) is 4.90 Å². The van der Waals surface area contributed by atoms with Crippen LogP contribution < -0.4 is 4.74 Å². The summed E-state index contributed by atoms with van der Waals surface area (Å²) in [4.78, 5) is 42.7. The molecule has 0 radical (unpaired) electrons. The highest BCUT2D eigenvalue weighted by molar-refractivity contribution is 6.05. The highest BCUT2D eigenvalue weighted by Gasteiger charge is 2.51. The summed E-state index contributed by atoms with van der Waals surface area (Å²) in [5, 5.41) is 0. The SMILES string of the molecule is COc1ccccc1CN1C[C@@H]2C(=O)N(CCCN3CCCC3=O)C(=O)[C@@H]2C1. The van der Waals surface area contributed by atoms with Crippen molar-refractivity contribution in [2.24, 2.45) is 11.8 Å². The van der Waals surface area contributed by atoms with Gasteiger partial charge in [-0.25, -0.2) is 0 Å². The molecule has 0 bridgehead atoms. The Morgan fingerprint density at radius 1 is 1.04 bits per heavy atom. The molecule has 3 saturated heterocycles. The number of benzene rings is 1. The van der Waals surface area contributed by atoms with Gasteiger partial charge < -0.3 is 9.64 Å². The molecule has 0 N–H and O–H groups in total. The van der Waals surface area contributed by atoms with Crippen LogP contribution in [0.4, 0.5) is 0 Å². The molecule has 2 atom stereocenters. The summed E-state index contributed by atoms with van der Waals surface area (Å²) in [6.07, 6.45) is 2.19. The molecule has 28 heavy (non-hydrogen) atoms. The van der Waals surface area contributed by atoms with Gasteiger partial charge in [0.25, 0.3) is 0 Å². The van der Waals surface area contributed by atoms with E-state index in [1.54, 1.807) is 7.11 Å². The van der Waals surface area contributed by atoms with Crippen molar-refractivity contribution in [1.82, 2.24) is 14.7 Å². The second-order valence-electron chi connectivity index (χ2n) is 7.88. The second-order valence-corrected chi connectivity index (χ2v) is 7.88. The van der Waals surface area contributed by atoms with Crippen molar-refractivity contribution in [3.8, 4) is 5.75 Å². The molecule has 0 aromatic heterocycles. The highest BCUT2D eigenvalue weighted by Crippen LogP contribution is 2.35. The van der Waals surface area contributed by atoms with Gasteiger partial charge in [0.1, 0.15) is 5.75 Å². The summed E-state index contributed by atoms with van der Waals surface area (Å²) in [7, 11) is 1.65. The number of likely N-dealkylation sites (tertiary alicyclic amines) is 3. The molecule has 150 valence electrons. The summed E-state index contributed by atoms with van der Waals surface area (Å²) >= 11 is 0. The van der Waals surface area contributed by atoms with Gasteiger partial charge in [-0.05, 0) is 18.9 Å². The summed E-state index contributed by atoms with van der Waals surface area (Å²) in [6.45, 7) is 3.73. The van der Waals surface area contributed by atoms with Crippen molar-refractivity contribution < 1.29 is 19.1 Å². The third-order valence-electron chi connectivity index (χ3n) is 6.13. The van der Waals surface area contributed by atoms with Gasteiger partial charge in [-0.1, -0.05) is 18.2 Å². The highest BCUT2D eigenvalue weighted by atomic mass is 16.5. The number of fused-ring (bicyclic) bond motifs is 1. The number of amides is 3. The molecule has 1 aromatic rings. The van der Waals surface area contributed by atoms with Crippen LogP contribution in [-0.4, -0.2) is 72.3 Å². The number of imide groups is 1. The molecule has 3 fully saturated rings. The van der Waals surface area contributed by atoms with Crippen molar-refractivity contribution in [1.29, 1.82) is 0 Å². The summed E-state index contributed by atoms with van der Waals surface area (Å²) in [6, 6.07) is 7.84. The standard InChI is InChI=1S/C21H27N3O4/c1-28-18-7-3-2-6-15(18)12-22-13-16-17(14-22)21(27)24(20(16)26)11-5-10-23-9-4-8-19(23)25/h2-3,6-7,16-17H,4-5,8-14H2,1H3/t16-,17+. The Labute approximate surface area is 165 Å². The van der Waals surface area contributed by atoms with Crippen LogP contribution in [0.2, 0.25) is 0 Å². The molecule has 7 nitrogen and oxygen atoms in total. The Morgan fingerprint density at radius 2 is 1.75 bits per heavy atom. The summed E-state index contributed by atoms with van der Waals surface area (Å²) in [5.41, 5.74) is 1.07. The lowest BCUT2D eigenvalue weighted by molar-refractivity contribution is -0.140. The van der Waals surface area contributed by atoms with Gasteiger partial charge in [-0.3, -0.25) is 24.2 Å². The molecular formula is C21H27N3O4. The van der Waals surface area contributed by atoms with E-state index in [1.807, 2.05) is 29.2 Å².